The Morgan fingerprint density at radius 3 is 2.57 bits per heavy atom. The second-order valence-electron chi connectivity index (χ2n) is 6.65. The maximum absolute atomic E-state index is 13.6. The lowest BCUT2D eigenvalue weighted by Gasteiger charge is -2.22. The summed E-state index contributed by atoms with van der Waals surface area (Å²) in [6.07, 6.45) is 0. The van der Waals surface area contributed by atoms with Crippen molar-refractivity contribution in [2.75, 3.05) is 11.9 Å². The Hall–Kier alpha value is -3.04. The molecular formula is C21H20FN3O3S2. The van der Waals surface area contributed by atoms with Crippen LogP contribution in [-0.2, 0) is 11.3 Å². The molecule has 3 N–H and O–H groups in total. The Kier molecular flexibility index (Phi) is 6.63. The summed E-state index contributed by atoms with van der Waals surface area (Å²) in [5.41, 5.74) is 6.59. The van der Waals surface area contributed by atoms with Gasteiger partial charge in [0.1, 0.15) is 17.4 Å². The van der Waals surface area contributed by atoms with E-state index < -0.39 is 23.5 Å². The van der Waals surface area contributed by atoms with E-state index in [0.29, 0.717) is 10.6 Å². The quantitative estimate of drug-likeness (QED) is 0.577. The Labute approximate surface area is 181 Å². The predicted octanol–water partition coefficient (Wildman–Crippen LogP) is 3.95. The smallest absolute Gasteiger partial charge is 0.254 e. The average molecular weight is 446 g/mol. The monoisotopic (exact) mass is 445 g/mol. The SMILES string of the molecule is Cc1sc(NC(=O)CN(Cc2cccs2)C(=O)c2cccc(F)c2)c(C(N)=O)c1C. The van der Waals surface area contributed by atoms with Crippen LogP contribution in [0.25, 0.3) is 0 Å². The molecule has 156 valence electrons. The Balaban J connectivity index is 1.82. The molecule has 0 spiro atoms. The predicted molar refractivity (Wildman–Crippen MR) is 116 cm³/mol. The summed E-state index contributed by atoms with van der Waals surface area (Å²) in [5, 5.41) is 4.93. The number of hydrogen-bond donors (Lipinski definition) is 2. The third kappa shape index (κ3) is 4.92. The van der Waals surface area contributed by atoms with Gasteiger partial charge in [-0.15, -0.1) is 22.7 Å². The van der Waals surface area contributed by atoms with Gasteiger partial charge in [-0.05, 0) is 49.1 Å². The average Bonchev–Trinajstić information content (AvgIpc) is 3.28. The normalized spacial score (nSPS) is 10.6. The van der Waals surface area contributed by atoms with Crippen LogP contribution in [0.5, 0.6) is 0 Å². The van der Waals surface area contributed by atoms with Crippen LogP contribution in [0.15, 0.2) is 41.8 Å². The first-order valence-electron chi connectivity index (χ1n) is 9.03. The number of nitrogens with zero attached hydrogens (tertiary/aromatic N) is 1. The molecule has 0 aliphatic heterocycles. The highest BCUT2D eigenvalue weighted by atomic mass is 32.1. The molecule has 3 aromatic rings. The van der Waals surface area contributed by atoms with Gasteiger partial charge in [0.15, 0.2) is 0 Å². The van der Waals surface area contributed by atoms with Crippen molar-refractivity contribution in [3.63, 3.8) is 0 Å². The topological polar surface area (TPSA) is 92.5 Å². The molecular weight excluding hydrogens is 425 g/mol. The summed E-state index contributed by atoms with van der Waals surface area (Å²) in [7, 11) is 0. The molecule has 6 nitrogen and oxygen atoms in total. The van der Waals surface area contributed by atoms with Crippen molar-refractivity contribution in [1.82, 2.24) is 4.90 Å². The molecule has 3 rings (SSSR count). The summed E-state index contributed by atoms with van der Waals surface area (Å²) in [5.74, 6) is -2.10. The number of halogens is 1. The van der Waals surface area contributed by atoms with Crippen molar-refractivity contribution in [1.29, 1.82) is 0 Å². The van der Waals surface area contributed by atoms with E-state index in [-0.39, 0.29) is 24.2 Å². The van der Waals surface area contributed by atoms with Crippen LogP contribution in [0.1, 0.15) is 36.0 Å². The lowest BCUT2D eigenvalue weighted by molar-refractivity contribution is -0.117. The molecule has 0 saturated carbocycles. The number of rotatable bonds is 7. The molecule has 2 heterocycles. The summed E-state index contributed by atoms with van der Waals surface area (Å²) < 4.78 is 13.6. The van der Waals surface area contributed by atoms with Crippen molar-refractivity contribution in [2.45, 2.75) is 20.4 Å². The lowest BCUT2D eigenvalue weighted by Crippen LogP contribution is -2.37. The third-order valence-electron chi connectivity index (χ3n) is 4.50. The fourth-order valence-corrected chi connectivity index (χ4v) is 4.75. The van der Waals surface area contributed by atoms with E-state index in [2.05, 4.69) is 5.32 Å². The van der Waals surface area contributed by atoms with E-state index in [4.69, 9.17) is 5.73 Å². The molecule has 0 saturated heterocycles. The maximum Gasteiger partial charge on any atom is 0.254 e. The van der Waals surface area contributed by atoms with E-state index in [9.17, 15) is 18.8 Å². The molecule has 0 aliphatic rings. The summed E-state index contributed by atoms with van der Waals surface area (Å²) >= 11 is 2.70. The van der Waals surface area contributed by atoms with Crippen molar-refractivity contribution in [2.24, 2.45) is 5.73 Å². The fourth-order valence-electron chi connectivity index (χ4n) is 2.95. The number of aryl methyl sites for hydroxylation is 1. The van der Waals surface area contributed by atoms with E-state index in [0.717, 1.165) is 15.8 Å². The van der Waals surface area contributed by atoms with Gasteiger partial charge < -0.3 is 16.0 Å². The van der Waals surface area contributed by atoms with Gasteiger partial charge in [-0.1, -0.05) is 12.1 Å². The van der Waals surface area contributed by atoms with Crippen LogP contribution in [0.2, 0.25) is 0 Å². The van der Waals surface area contributed by atoms with Gasteiger partial charge in [0.2, 0.25) is 5.91 Å². The first-order chi connectivity index (χ1) is 14.3. The molecule has 0 bridgehead atoms. The lowest BCUT2D eigenvalue weighted by atomic mass is 10.1. The first-order valence-corrected chi connectivity index (χ1v) is 10.7. The number of carbonyl (C=O) groups is 3. The van der Waals surface area contributed by atoms with Crippen LogP contribution in [-0.4, -0.2) is 29.2 Å². The van der Waals surface area contributed by atoms with Crippen LogP contribution in [0.3, 0.4) is 0 Å². The highest BCUT2D eigenvalue weighted by Crippen LogP contribution is 2.32. The minimum absolute atomic E-state index is 0.153. The number of hydrogen-bond acceptors (Lipinski definition) is 5. The second kappa shape index (κ2) is 9.19. The molecule has 0 unspecified atom stereocenters. The Bertz CT molecular complexity index is 1090. The number of anilines is 1. The zero-order valence-corrected chi connectivity index (χ0v) is 18.0. The van der Waals surface area contributed by atoms with Gasteiger partial charge in [0.05, 0.1) is 12.1 Å². The number of primary amides is 1. The molecule has 0 atom stereocenters. The van der Waals surface area contributed by atoms with E-state index in [1.165, 1.54) is 45.8 Å². The summed E-state index contributed by atoms with van der Waals surface area (Å²) in [4.78, 5) is 40.5. The van der Waals surface area contributed by atoms with E-state index in [1.807, 2.05) is 24.4 Å². The maximum atomic E-state index is 13.6. The van der Waals surface area contributed by atoms with Crippen LogP contribution in [0, 0.1) is 19.7 Å². The number of nitrogens with two attached hydrogens (primary N) is 1. The van der Waals surface area contributed by atoms with Crippen molar-refractivity contribution in [3.05, 3.63) is 74.0 Å². The van der Waals surface area contributed by atoms with Crippen LogP contribution >= 0.6 is 22.7 Å². The third-order valence-corrected chi connectivity index (χ3v) is 6.49. The molecule has 3 amide bonds. The molecule has 1 aromatic carbocycles. The van der Waals surface area contributed by atoms with Crippen molar-refractivity contribution < 1.29 is 18.8 Å². The molecule has 0 radical (unpaired) electrons. The number of benzene rings is 1. The summed E-state index contributed by atoms with van der Waals surface area (Å²) in [6.45, 7) is 3.53. The Morgan fingerprint density at radius 1 is 1.17 bits per heavy atom. The van der Waals surface area contributed by atoms with Gasteiger partial charge in [0, 0.05) is 15.3 Å². The van der Waals surface area contributed by atoms with Gasteiger partial charge in [0.25, 0.3) is 11.8 Å². The first kappa shape index (κ1) is 21.7. The van der Waals surface area contributed by atoms with E-state index >= 15 is 0 Å². The molecule has 2 aromatic heterocycles. The fraction of sp³-hybridized carbons (Fsp3) is 0.190. The van der Waals surface area contributed by atoms with Gasteiger partial charge >= 0.3 is 0 Å². The van der Waals surface area contributed by atoms with Gasteiger partial charge in [-0.2, -0.15) is 0 Å². The zero-order chi connectivity index (χ0) is 21.8. The van der Waals surface area contributed by atoms with Crippen molar-refractivity contribution >= 4 is 45.4 Å². The largest absolute Gasteiger partial charge is 0.365 e. The minimum atomic E-state index is -0.626. The molecule has 9 heteroatoms. The zero-order valence-electron chi connectivity index (χ0n) is 16.4. The Morgan fingerprint density at radius 2 is 1.93 bits per heavy atom. The molecule has 0 aliphatic carbocycles. The highest BCUT2D eigenvalue weighted by molar-refractivity contribution is 7.16. The van der Waals surface area contributed by atoms with Crippen LogP contribution in [0.4, 0.5) is 9.39 Å². The summed E-state index contributed by atoms with van der Waals surface area (Å²) in [6, 6.07) is 9.04. The highest BCUT2D eigenvalue weighted by Gasteiger charge is 2.23. The van der Waals surface area contributed by atoms with Gasteiger partial charge in [-0.3, -0.25) is 14.4 Å². The standard InChI is InChI=1S/C21H20FN3O3S2/c1-12-13(2)30-20(18(12)19(23)27)24-17(26)11-25(10-16-7-4-8-29-16)21(28)14-5-3-6-15(22)9-14/h3-9H,10-11H2,1-2H3,(H2,23,27)(H,24,26). The number of carbonyl (C=O) groups excluding carboxylic acids is 3. The second-order valence-corrected chi connectivity index (χ2v) is 8.91. The molecule has 0 fully saturated rings. The van der Waals surface area contributed by atoms with Crippen LogP contribution < -0.4 is 11.1 Å². The number of nitrogens with one attached hydrogen (secondary N) is 1. The van der Waals surface area contributed by atoms with Gasteiger partial charge in [-0.25, -0.2) is 4.39 Å². The molecule has 30 heavy (non-hydrogen) atoms. The number of thiophene rings is 2. The van der Waals surface area contributed by atoms with Crippen molar-refractivity contribution in [3.8, 4) is 0 Å². The van der Waals surface area contributed by atoms with E-state index in [1.54, 1.807) is 6.92 Å². The minimum Gasteiger partial charge on any atom is -0.365 e. The number of amides is 3.